The van der Waals surface area contributed by atoms with Crippen LogP contribution in [0.1, 0.15) is 30.6 Å². The summed E-state index contributed by atoms with van der Waals surface area (Å²) in [5.41, 5.74) is 6.21. The van der Waals surface area contributed by atoms with Gasteiger partial charge in [-0.25, -0.2) is 0 Å². The van der Waals surface area contributed by atoms with E-state index in [2.05, 4.69) is 0 Å². The predicted molar refractivity (Wildman–Crippen MR) is 74.7 cm³/mol. The lowest BCUT2D eigenvalue weighted by atomic mass is 10.1. The molecule has 0 atom stereocenters. The highest BCUT2D eigenvalue weighted by Gasteiger charge is 2.15. The van der Waals surface area contributed by atoms with Gasteiger partial charge in [-0.15, -0.1) is 0 Å². The average molecular weight is 285 g/mol. The number of nitrogens with zero attached hydrogens (tertiary/aromatic N) is 1. The number of primary amides is 1. The molecule has 0 heterocycles. The van der Waals surface area contributed by atoms with Crippen LogP contribution < -0.4 is 10.6 Å². The molecular formula is C13H17ClN2O3. The highest BCUT2D eigenvalue weighted by atomic mass is 35.5. The summed E-state index contributed by atoms with van der Waals surface area (Å²) in [6.45, 7) is 4.29. The van der Waals surface area contributed by atoms with E-state index in [1.165, 1.54) is 0 Å². The van der Waals surface area contributed by atoms with Crippen LogP contribution in [-0.2, 0) is 4.79 Å². The van der Waals surface area contributed by atoms with Crippen molar-refractivity contribution >= 4 is 29.2 Å². The summed E-state index contributed by atoms with van der Waals surface area (Å²) in [7, 11) is 0. The minimum absolute atomic E-state index is 0.0351. The molecule has 1 aromatic carbocycles. The molecule has 0 radical (unpaired) electrons. The van der Waals surface area contributed by atoms with Gasteiger partial charge in [-0.3, -0.25) is 9.59 Å². The number of aliphatic carboxylic acids is 1. The second kappa shape index (κ2) is 6.43. The maximum atomic E-state index is 11.1. The van der Waals surface area contributed by atoms with E-state index in [-0.39, 0.29) is 23.0 Å². The Hall–Kier alpha value is -1.75. The number of hydrogen-bond donors (Lipinski definition) is 2. The van der Waals surface area contributed by atoms with Crippen molar-refractivity contribution in [1.82, 2.24) is 0 Å². The number of amides is 1. The van der Waals surface area contributed by atoms with Crippen LogP contribution in [0.3, 0.4) is 0 Å². The minimum Gasteiger partial charge on any atom is -0.481 e. The molecule has 1 rings (SSSR count). The molecule has 0 spiro atoms. The summed E-state index contributed by atoms with van der Waals surface area (Å²) in [5.74, 6) is -1.44. The van der Waals surface area contributed by atoms with Crippen molar-refractivity contribution < 1.29 is 14.7 Å². The quantitative estimate of drug-likeness (QED) is 0.838. The molecule has 0 aliphatic carbocycles. The van der Waals surface area contributed by atoms with Gasteiger partial charge in [-0.2, -0.15) is 0 Å². The molecule has 19 heavy (non-hydrogen) atoms. The third-order valence-electron chi connectivity index (χ3n) is 2.74. The van der Waals surface area contributed by atoms with Crippen LogP contribution >= 0.6 is 11.6 Å². The van der Waals surface area contributed by atoms with Crippen molar-refractivity contribution in [3.8, 4) is 0 Å². The van der Waals surface area contributed by atoms with Crippen LogP contribution in [0.5, 0.6) is 0 Å². The first kappa shape index (κ1) is 15.3. The summed E-state index contributed by atoms with van der Waals surface area (Å²) in [4.78, 5) is 23.7. The molecule has 1 amide bonds. The average Bonchev–Trinajstić information content (AvgIpc) is 2.27. The van der Waals surface area contributed by atoms with Crippen molar-refractivity contribution in [2.45, 2.75) is 26.3 Å². The number of hydrogen-bond acceptors (Lipinski definition) is 3. The molecular weight excluding hydrogens is 268 g/mol. The number of carboxylic acids is 1. The Balaban J connectivity index is 3.00. The fourth-order valence-corrected chi connectivity index (χ4v) is 2.05. The van der Waals surface area contributed by atoms with E-state index in [0.717, 1.165) is 5.69 Å². The Labute approximate surface area is 117 Å². The number of halogens is 1. The van der Waals surface area contributed by atoms with Crippen molar-refractivity contribution in [3.05, 3.63) is 28.8 Å². The van der Waals surface area contributed by atoms with Crippen LogP contribution in [0.2, 0.25) is 5.02 Å². The number of rotatable bonds is 6. The van der Waals surface area contributed by atoms with Crippen molar-refractivity contribution in [3.63, 3.8) is 0 Å². The number of carbonyl (C=O) groups is 2. The first-order chi connectivity index (χ1) is 8.82. The van der Waals surface area contributed by atoms with Crippen LogP contribution in [-0.4, -0.2) is 29.6 Å². The van der Waals surface area contributed by atoms with Gasteiger partial charge in [-0.1, -0.05) is 11.6 Å². The molecule has 0 saturated carbocycles. The molecule has 0 aliphatic heterocycles. The third-order valence-corrected chi connectivity index (χ3v) is 3.05. The lowest BCUT2D eigenvalue weighted by Crippen LogP contribution is -2.33. The molecule has 3 N–H and O–H groups in total. The van der Waals surface area contributed by atoms with Crippen molar-refractivity contribution in [1.29, 1.82) is 0 Å². The smallest absolute Gasteiger partial charge is 0.305 e. The molecule has 5 nitrogen and oxygen atoms in total. The molecule has 6 heteroatoms. The van der Waals surface area contributed by atoms with E-state index in [1.54, 1.807) is 18.2 Å². The van der Waals surface area contributed by atoms with Crippen molar-refractivity contribution in [2.75, 3.05) is 11.4 Å². The monoisotopic (exact) mass is 284 g/mol. The van der Waals surface area contributed by atoms with Gasteiger partial charge in [0.15, 0.2) is 0 Å². The van der Waals surface area contributed by atoms with Crippen molar-refractivity contribution in [2.24, 2.45) is 5.73 Å². The summed E-state index contributed by atoms with van der Waals surface area (Å²) in [5, 5.41) is 9.02. The number of anilines is 1. The standard InChI is InChI=1S/C13H17ClN2O3/c1-8(2)16(6-5-12(17)18)9-3-4-10(13(15)19)11(14)7-9/h3-4,7-8H,5-6H2,1-2H3,(H2,15,19)(H,17,18). The number of nitrogens with two attached hydrogens (primary N) is 1. The molecule has 0 saturated heterocycles. The SMILES string of the molecule is CC(C)N(CCC(=O)O)c1ccc(C(N)=O)c(Cl)c1. The van der Waals surface area contributed by atoms with E-state index < -0.39 is 11.9 Å². The molecule has 0 aromatic heterocycles. The van der Waals surface area contributed by atoms with Gasteiger partial charge in [-0.05, 0) is 32.0 Å². The zero-order chi connectivity index (χ0) is 14.6. The van der Waals surface area contributed by atoms with Crippen LogP contribution in [0.25, 0.3) is 0 Å². The molecule has 1 aromatic rings. The number of carbonyl (C=O) groups excluding carboxylic acids is 1. The first-order valence-electron chi connectivity index (χ1n) is 5.90. The third kappa shape index (κ3) is 4.13. The molecule has 0 fully saturated rings. The second-order valence-corrected chi connectivity index (χ2v) is 4.87. The zero-order valence-corrected chi connectivity index (χ0v) is 11.6. The van der Waals surface area contributed by atoms with E-state index >= 15 is 0 Å². The fourth-order valence-electron chi connectivity index (χ4n) is 1.78. The van der Waals surface area contributed by atoms with Gasteiger partial charge in [0.25, 0.3) is 0 Å². The van der Waals surface area contributed by atoms with E-state index in [4.69, 9.17) is 22.4 Å². The Morgan fingerprint density at radius 3 is 2.47 bits per heavy atom. The number of carboxylic acid groups (broad SMARTS) is 1. The normalized spacial score (nSPS) is 10.5. The Morgan fingerprint density at radius 1 is 1.42 bits per heavy atom. The van der Waals surface area contributed by atoms with Gasteiger partial charge >= 0.3 is 5.97 Å². The maximum Gasteiger partial charge on any atom is 0.305 e. The van der Waals surface area contributed by atoms with Gasteiger partial charge in [0, 0.05) is 18.3 Å². The molecule has 0 aliphatic rings. The zero-order valence-electron chi connectivity index (χ0n) is 10.9. The van der Waals surface area contributed by atoms with Gasteiger partial charge in [0.2, 0.25) is 5.91 Å². The predicted octanol–water partition coefficient (Wildman–Crippen LogP) is 2.13. The van der Waals surface area contributed by atoms with Crippen LogP contribution in [0.4, 0.5) is 5.69 Å². The van der Waals surface area contributed by atoms with E-state index in [9.17, 15) is 9.59 Å². The van der Waals surface area contributed by atoms with Gasteiger partial charge in [0.05, 0.1) is 17.0 Å². The molecule has 0 bridgehead atoms. The summed E-state index contributed by atoms with van der Waals surface area (Å²) < 4.78 is 0. The van der Waals surface area contributed by atoms with E-state index in [0.29, 0.717) is 6.54 Å². The fraction of sp³-hybridized carbons (Fsp3) is 0.385. The topological polar surface area (TPSA) is 83.6 Å². The maximum absolute atomic E-state index is 11.1. The second-order valence-electron chi connectivity index (χ2n) is 4.46. The van der Waals surface area contributed by atoms with Gasteiger partial charge in [0.1, 0.15) is 0 Å². The Kier molecular flexibility index (Phi) is 5.18. The highest BCUT2D eigenvalue weighted by Crippen LogP contribution is 2.25. The lowest BCUT2D eigenvalue weighted by molar-refractivity contribution is -0.136. The van der Waals surface area contributed by atoms with Crippen LogP contribution in [0.15, 0.2) is 18.2 Å². The summed E-state index contributed by atoms with van der Waals surface area (Å²) >= 11 is 5.99. The summed E-state index contributed by atoms with van der Waals surface area (Å²) in [6, 6.07) is 5.02. The number of benzene rings is 1. The van der Waals surface area contributed by atoms with Crippen LogP contribution in [0, 0.1) is 0 Å². The highest BCUT2D eigenvalue weighted by molar-refractivity contribution is 6.34. The molecule has 104 valence electrons. The van der Waals surface area contributed by atoms with E-state index in [1.807, 2.05) is 18.7 Å². The Bertz CT molecular complexity index is 489. The summed E-state index contributed by atoms with van der Waals surface area (Å²) in [6.07, 6.45) is 0.0351. The minimum atomic E-state index is -0.856. The first-order valence-corrected chi connectivity index (χ1v) is 6.28. The molecule has 0 unspecified atom stereocenters. The lowest BCUT2D eigenvalue weighted by Gasteiger charge is -2.28. The van der Waals surface area contributed by atoms with Gasteiger partial charge < -0.3 is 15.7 Å². The largest absolute Gasteiger partial charge is 0.481 e. The Morgan fingerprint density at radius 2 is 2.05 bits per heavy atom.